The van der Waals surface area contributed by atoms with Crippen LogP contribution in [-0.4, -0.2) is 11.9 Å². The molecule has 4 fully saturated rings. The quantitative estimate of drug-likeness (QED) is 0.597. The molecule has 152 valence electrons. The van der Waals surface area contributed by atoms with Gasteiger partial charge in [0.05, 0.1) is 0 Å². The summed E-state index contributed by atoms with van der Waals surface area (Å²) in [7, 11) is 0. The molecule has 0 amide bonds. The Morgan fingerprint density at radius 2 is 1.64 bits per heavy atom. The highest BCUT2D eigenvalue weighted by molar-refractivity contribution is 5.79. The summed E-state index contributed by atoms with van der Waals surface area (Å²) in [4.78, 5) is 12.1. The van der Waals surface area contributed by atoms with Gasteiger partial charge in [0.1, 0.15) is 17.6 Å². The Kier molecular flexibility index (Phi) is 4.41. The second-order valence-corrected chi connectivity index (χ2v) is 10.9. The van der Waals surface area contributed by atoms with Crippen LogP contribution in [0.25, 0.3) is 0 Å². The standard InChI is InChI=1S/C26H36O2/c1-17-4-7-20(8-5-17)28-24-11-10-22-21-9-6-18-16-19(27)12-14-25(18,2)23(21)13-15-26(22,24)3/h4-5,7-8,18,21-24H,6,9-16H2,1-3H3/t18-,21-,22+,23-,24-,25-,26-/m0/s1. The fraction of sp³-hybridized carbons (Fsp3) is 0.731. The lowest BCUT2D eigenvalue weighted by atomic mass is 9.45. The number of hydrogen-bond donors (Lipinski definition) is 0. The lowest BCUT2D eigenvalue weighted by Crippen LogP contribution is -2.54. The van der Waals surface area contributed by atoms with Crippen LogP contribution < -0.4 is 4.74 Å². The van der Waals surface area contributed by atoms with Gasteiger partial charge >= 0.3 is 0 Å². The van der Waals surface area contributed by atoms with Gasteiger partial charge < -0.3 is 4.74 Å². The van der Waals surface area contributed by atoms with E-state index < -0.39 is 0 Å². The van der Waals surface area contributed by atoms with E-state index in [0.717, 1.165) is 42.8 Å². The number of Topliss-reactive ketones (excluding diaryl/α,β-unsaturated/α-hetero) is 1. The predicted molar refractivity (Wildman–Crippen MR) is 112 cm³/mol. The van der Waals surface area contributed by atoms with Gasteiger partial charge in [0.25, 0.3) is 0 Å². The predicted octanol–water partition coefficient (Wildman–Crippen LogP) is 6.35. The van der Waals surface area contributed by atoms with Gasteiger partial charge in [-0.15, -0.1) is 0 Å². The van der Waals surface area contributed by atoms with Crippen molar-refractivity contribution < 1.29 is 9.53 Å². The SMILES string of the molecule is Cc1ccc(O[C@H]2CC[C@@H]3[C@@H]4CC[C@H]5CC(=O)CC[C@]5(C)[C@H]4CC[C@]23C)cc1. The van der Waals surface area contributed by atoms with Gasteiger partial charge in [0.15, 0.2) is 0 Å². The van der Waals surface area contributed by atoms with E-state index >= 15 is 0 Å². The number of ether oxygens (including phenoxy) is 1. The maximum absolute atomic E-state index is 12.1. The summed E-state index contributed by atoms with van der Waals surface area (Å²) in [5, 5.41) is 0. The molecular weight excluding hydrogens is 344 g/mol. The molecule has 0 bridgehead atoms. The van der Waals surface area contributed by atoms with E-state index in [4.69, 9.17) is 4.74 Å². The molecule has 0 aliphatic heterocycles. The largest absolute Gasteiger partial charge is 0.490 e. The molecule has 2 heteroatoms. The Hall–Kier alpha value is -1.31. The summed E-state index contributed by atoms with van der Waals surface area (Å²) in [6.07, 6.45) is 11.0. The summed E-state index contributed by atoms with van der Waals surface area (Å²) in [5.41, 5.74) is 2.02. The fourth-order valence-electron chi connectivity index (χ4n) is 7.97. The van der Waals surface area contributed by atoms with Crippen molar-refractivity contribution >= 4 is 5.78 Å². The van der Waals surface area contributed by atoms with E-state index in [1.165, 1.54) is 44.1 Å². The van der Waals surface area contributed by atoms with Gasteiger partial charge in [-0.05, 0) is 93.1 Å². The molecule has 0 unspecified atom stereocenters. The van der Waals surface area contributed by atoms with Gasteiger partial charge in [-0.2, -0.15) is 0 Å². The molecule has 0 N–H and O–H groups in total. The van der Waals surface area contributed by atoms with Crippen LogP contribution >= 0.6 is 0 Å². The van der Waals surface area contributed by atoms with Crippen molar-refractivity contribution in [1.29, 1.82) is 0 Å². The number of carbonyl (C=O) groups excluding carboxylic acids is 1. The minimum atomic E-state index is 0.319. The average Bonchev–Trinajstić information content (AvgIpc) is 3.00. The van der Waals surface area contributed by atoms with E-state index in [-0.39, 0.29) is 0 Å². The molecule has 0 radical (unpaired) electrons. The van der Waals surface area contributed by atoms with Crippen LogP contribution in [-0.2, 0) is 4.79 Å². The molecule has 4 saturated carbocycles. The van der Waals surface area contributed by atoms with Crippen molar-refractivity contribution in [2.45, 2.75) is 84.7 Å². The zero-order valence-corrected chi connectivity index (χ0v) is 17.9. The first kappa shape index (κ1) is 18.7. The topological polar surface area (TPSA) is 26.3 Å². The summed E-state index contributed by atoms with van der Waals surface area (Å²) in [5.74, 6) is 4.70. The highest BCUT2D eigenvalue weighted by Gasteiger charge is 2.60. The fourth-order valence-corrected chi connectivity index (χ4v) is 7.97. The number of rotatable bonds is 2. The van der Waals surface area contributed by atoms with Crippen LogP contribution in [0.5, 0.6) is 5.75 Å². The van der Waals surface area contributed by atoms with Gasteiger partial charge in [-0.25, -0.2) is 0 Å². The molecule has 28 heavy (non-hydrogen) atoms. The van der Waals surface area contributed by atoms with Crippen LogP contribution in [0, 0.1) is 41.4 Å². The van der Waals surface area contributed by atoms with Crippen molar-refractivity contribution in [2.24, 2.45) is 34.5 Å². The Morgan fingerprint density at radius 3 is 2.43 bits per heavy atom. The molecule has 1 aromatic rings. The minimum absolute atomic E-state index is 0.319. The van der Waals surface area contributed by atoms with Crippen molar-refractivity contribution in [3.8, 4) is 5.75 Å². The van der Waals surface area contributed by atoms with Crippen LogP contribution in [0.2, 0.25) is 0 Å². The first-order chi connectivity index (χ1) is 13.4. The zero-order valence-electron chi connectivity index (χ0n) is 17.9. The lowest BCUT2D eigenvalue weighted by molar-refractivity contribution is -0.141. The monoisotopic (exact) mass is 380 g/mol. The lowest BCUT2D eigenvalue weighted by Gasteiger charge is -2.60. The summed E-state index contributed by atoms with van der Waals surface area (Å²) >= 11 is 0. The molecule has 0 spiro atoms. The third kappa shape index (κ3) is 2.77. The number of fused-ring (bicyclic) bond motifs is 5. The maximum Gasteiger partial charge on any atom is 0.133 e. The van der Waals surface area contributed by atoms with E-state index in [1.807, 2.05) is 0 Å². The molecule has 5 rings (SSSR count). The molecule has 0 saturated heterocycles. The van der Waals surface area contributed by atoms with E-state index in [0.29, 0.717) is 28.6 Å². The number of ketones is 1. The van der Waals surface area contributed by atoms with Crippen LogP contribution in [0.15, 0.2) is 24.3 Å². The number of benzene rings is 1. The number of hydrogen-bond acceptors (Lipinski definition) is 2. The van der Waals surface area contributed by atoms with Crippen LogP contribution in [0.3, 0.4) is 0 Å². The molecule has 4 aliphatic carbocycles. The van der Waals surface area contributed by atoms with Crippen molar-refractivity contribution in [3.05, 3.63) is 29.8 Å². The number of aryl methyl sites for hydroxylation is 1. The Labute approximate surface area is 170 Å². The van der Waals surface area contributed by atoms with Crippen molar-refractivity contribution in [3.63, 3.8) is 0 Å². The highest BCUT2D eigenvalue weighted by Crippen LogP contribution is 2.66. The minimum Gasteiger partial charge on any atom is -0.490 e. The van der Waals surface area contributed by atoms with E-state index in [2.05, 4.69) is 45.0 Å². The third-order valence-corrected chi connectivity index (χ3v) is 9.69. The second kappa shape index (κ2) is 6.61. The second-order valence-electron chi connectivity index (χ2n) is 10.9. The van der Waals surface area contributed by atoms with Crippen LogP contribution in [0.4, 0.5) is 0 Å². The average molecular weight is 381 g/mol. The third-order valence-electron chi connectivity index (χ3n) is 9.69. The molecular formula is C26H36O2. The first-order valence-corrected chi connectivity index (χ1v) is 11.7. The summed E-state index contributed by atoms with van der Waals surface area (Å²) < 4.78 is 6.58. The summed E-state index contributed by atoms with van der Waals surface area (Å²) in [6.45, 7) is 7.20. The van der Waals surface area contributed by atoms with Crippen molar-refractivity contribution in [2.75, 3.05) is 0 Å². The Bertz CT molecular complexity index is 752. The molecule has 0 heterocycles. The van der Waals surface area contributed by atoms with Gasteiger partial charge in [0.2, 0.25) is 0 Å². The Morgan fingerprint density at radius 1 is 0.893 bits per heavy atom. The van der Waals surface area contributed by atoms with Crippen molar-refractivity contribution in [1.82, 2.24) is 0 Å². The van der Waals surface area contributed by atoms with Gasteiger partial charge in [-0.1, -0.05) is 31.5 Å². The molecule has 4 aliphatic rings. The van der Waals surface area contributed by atoms with Crippen LogP contribution in [0.1, 0.15) is 77.2 Å². The summed E-state index contributed by atoms with van der Waals surface area (Å²) in [6, 6.07) is 8.60. The molecule has 1 aromatic carbocycles. The zero-order chi connectivity index (χ0) is 19.5. The van der Waals surface area contributed by atoms with E-state index in [9.17, 15) is 4.79 Å². The molecule has 0 aromatic heterocycles. The molecule has 7 atom stereocenters. The molecule has 2 nitrogen and oxygen atoms in total. The number of carbonyl (C=O) groups is 1. The van der Waals surface area contributed by atoms with E-state index in [1.54, 1.807) is 0 Å². The Balaban J connectivity index is 1.36. The normalized spacial score (nSPS) is 45.1. The maximum atomic E-state index is 12.1. The first-order valence-electron chi connectivity index (χ1n) is 11.7. The smallest absolute Gasteiger partial charge is 0.133 e. The van der Waals surface area contributed by atoms with Gasteiger partial charge in [-0.3, -0.25) is 4.79 Å². The van der Waals surface area contributed by atoms with Gasteiger partial charge in [0, 0.05) is 18.3 Å². The highest BCUT2D eigenvalue weighted by atomic mass is 16.5.